The van der Waals surface area contributed by atoms with E-state index in [0.717, 1.165) is 0 Å². The molecule has 2 unspecified atom stereocenters. The smallest absolute Gasteiger partial charge is 0.332 e. The summed E-state index contributed by atoms with van der Waals surface area (Å²) in [7, 11) is 3.13. The molecule has 1 aliphatic heterocycles. The Morgan fingerprint density at radius 2 is 1.80 bits per heavy atom. The maximum Gasteiger partial charge on any atom is 0.332 e. The van der Waals surface area contributed by atoms with Crippen molar-refractivity contribution in [2.75, 3.05) is 20.8 Å². The summed E-state index contributed by atoms with van der Waals surface area (Å²) in [5.41, 5.74) is 0. The van der Waals surface area contributed by atoms with E-state index in [2.05, 4.69) is 0 Å². The number of carboxylic acid groups (broad SMARTS) is 1. The van der Waals surface area contributed by atoms with E-state index >= 15 is 0 Å². The third-order valence-corrected chi connectivity index (χ3v) is 3.14. The fraction of sp³-hybridized carbons (Fsp3) is 0.500. The van der Waals surface area contributed by atoms with Gasteiger partial charge in [-0.3, -0.25) is 0 Å². The lowest BCUT2D eigenvalue weighted by molar-refractivity contribution is -0.149. The highest BCUT2D eigenvalue weighted by Crippen LogP contribution is 2.28. The monoisotopic (exact) mass is 282 g/mol. The number of hydrogen-bond donors (Lipinski definition) is 1. The molecule has 1 N–H and O–H groups in total. The summed E-state index contributed by atoms with van der Waals surface area (Å²) in [6.07, 6.45) is 0.278. The standard InChI is InChI=1S/C14H18O6/c1-17-10-5-11(18-2)7-12(6-10)19-8-9-3-4-13(20-9)14(15)16/h5-7,9,13H,3-4,8H2,1-2H3,(H,15,16). The Morgan fingerprint density at radius 3 is 2.30 bits per heavy atom. The van der Waals surface area contributed by atoms with E-state index in [0.29, 0.717) is 36.7 Å². The number of hydrogen-bond acceptors (Lipinski definition) is 5. The number of carboxylic acids is 1. The largest absolute Gasteiger partial charge is 0.496 e. The van der Waals surface area contributed by atoms with Crippen LogP contribution in [0, 0.1) is 0 Å². The molecule has 1 aromatic carbocycles. The van der Waals surface area contributed by atoms with Gasteiger partial charge in [0.1, 0.15) is 23.9 Å². The van der Waals surface area contributed by atoms with Crippen molar-refractivity contribution in [3.8, 4) is 17.2 Å². The van der Waals surface area contributed by atoms with E-state index in [1.807, 2.05) is 0 Å². The highest BCUT2D eigenvalue weighted by atomic mass is 16.6. The van der Waals surface area contributed by atoms with E-state index in [9.17, 15) is 4.79 Å². The second-order valence-electron chi connectivity index (χ2n) is 4.52. The number of carbonyl (C=O) groups is 1. The van der Waals surface area contributed by atoms with Gasteiger partial charge >= 0.3 is 5.97 Å². The molecule has 1 fully saturated rings. The van der Waals surface area contributed by atoms with E-state index in [1.54, 1.807) is 32.4 Å². The van der Waals surface area contributed by atoms with Crippen LogP contribution < -0.4 is 14.2 Å². The van der Waals surface area contributed by atoms with Crippen LogP contribution in [0.5, 0.6) is 17.2 Å². The lowest BCUT2D eigenvalue weighted by Gasteiger charge is -2.14. The van der Waals surface area contributed by atoms with Crippen LogP contribution in [0.2, 0.25) is 0 Å². The first-order valence-corrected chi connectivity index (χ1v) is 6.36. The Hall–Kier alpha value is -1.95. The van der Waals surface area contributed by atoms with Crippen molar-refractivity contribution in [3.05, 3.63) is 18.2 Å². The molecule has 0 radical (unpaired) electrons. The van der Waals surface area contributed by atoms with Gasteiger partial charge in [0.05, 0.1) is 20.3 Å². The van der Waals surface area contributed by atoms with Crippen molar-refractivity contribution in [1.29, 1.82) is 0 Å². The Bertz CT molecular complexity index is 450. The molecule has 1 saturated heterocycles. The average molecular weight is 282 g/mol. The van der Waals surface area contributed by atoms with Gasteiger partial charge in [0.2, 0.25) is 0 Å². The molecule has 2 atom stereocenters. The lowest BCUT2D eigenvalue weighted by atomic mass is 10.2. The zero-order valence-electron chi connectivity index (χ0n) is 11.5. The van der Waals surface area contributed by atoms with Gasteiger partial charge in [0, 0.05) is 18.2 Å². The van der Waals surface area contributed by atoms with Crippen molar-refractivity contribution in [2.24, 2.45) is 0 Å². The van der Waals surface area contributed by atoms with Gasteiger partial charge in [-0.05, 0) is 12.8 Å². The maximum atomic E-state index is 10.8. The number of aliphatic carboxylic acids is 1. The maximum absolute atomic E-state index is 10.8. The molecule has 0 spiro atoms. The van der Waals surface area contributed by atoms with Gasteiger partial charge in [-0.1, -0.05) is 0 Å². The second-order valence-corrected chi connectivity index (χ2v) is 4.52. The Balaban J connectivity index is 1.92. The van der Waals surface area contributed by atoms with Gasteiger partial charge < -0.3 is 24.1 Å². The third kappa shape index (κ3) is 3.54. The van der Waals surface area contributed by atoms with E-state index < -0.39 is 12.1 Å². The lowest BCUT2D eigenvalue weighted by Crippen LogP contribution is -2.23. The molecule has 6 nitrogen and oxygen atoms in total. The molecule has 1 heterocycles. The number of rotatable bonds is 6. The van der Waals surface area contributed by atoms with Gasteiger partial charge in [-0.2, -0.15) is 0 Å². The van der Waals surface area contributed by atoms with Gasteiger partial charge in [-0.15, -0.1) is 0 Å². The van der Waals surface area contributed by atoms with Crippen molar-refractivity contribution >= 4 is 5.97 Å². The van der Waals surface area contributed by atoms with Crippen LogP contribution in [0.3, 0.4) is 0 Å². The normalized spacial score (nSPS) is 21.5. The molecule has 0 saturated carbocycles. The SMILES string of the molecule is COc1cc(OC)cc(OCC2CCC(C(=O)O)O2)c1. The quantitative estimate of drug-likeness (QED) is 0.856. The Morgan fingerprint density at radius 1 is 1.20 bits per heavy atom. The summed E-state index contributed by atoms with van der Waals surface area (Å²) in [6.45, 7) is 0.306. The predicted octanol–water partition coefficient (Wildman–Crippen LogP) is 1.71. The summed E-state index contributed by atoms with van der Waals surface area (Å²) < 4.78 is 21.3. The Labute approximate surface area is 117 Å². The van der Waals surface area contributed by atoms with Crippen molar-refractivity contribution in [1.82, 2.24) is 0 Å². The van der Waals surface area contributed by atoms with Crippen molar-refractivity contribution in [3.63, 3.8) is 0 Å². The molecular formula is C14H18O6. The molecule has 0 aliphatic carbocycles. The molecule has 2 rings (SSSR count). The Kier molecular flexibility index (Phi) is 4.68. The highest BCUT2D eigenvalue weighted by molar-refractivity contribution is 5.72. The fourth-order valence-corrected chi connectivity index (χ4v) is 2.06. The van der Waals surface area contributed by atoms with Gasteiger partial charge in [-0.25, -0.2) is 4.79 Å². The van der Waals surface area contributed by atoms with Crippen molar-refractivity contribution in [2.45, 2.75) is 25.0 Å². The molecule has 1 aliphatic rings. The molecule has 110 valence electrons. The van der Waals surface area contributed by atoms with E-state index in [-0.39, 0.29) is 6.10 Å². The van der Waals surface area contributed by atoms with Crippen LogP contribution in [-0.4, -0.2) is 44.1 Å². The molecule has 6 heteroatoms. The van der Waals surface area contributed by atoms with E-state index in [1.165, 1.54) is 0 Å². The van der Waals surface area contributed by atoms with Crippen LogP contribution in [0.4, 0.5) is 0 Å². The molecule has 1 aromatic rings. The van der Waals surface area contributed by atoms with Crippen LogP contribution in [0.1, 0.15) is 12.8 Å². The number of methoxy groups -OCH3 is 2. The zero-order chi connectivity index (χ0) is 14.5. The summed E-state index contributed by atoms with van der Waals surface area (Å²) in [6, 6.07) is 5.23. The van der Waals surface area contributed by atoms with Crippen LogP contribution >= 0.6 is 0 Å². The second kappa shape index (κ2) is 6.47. The van der Waals surface area contributed by atoms with Crippen LogP contribution in [0.15, 0.2) is 18.2 Å². The summed E-state index contributed by atoms with van der Waals surface area (Å²) in [5, 5.41) is 8.85. The topological polar surface area (TPSA) is 74.2 Å². The highest BCUT2D eigenvalue weighted by Gasteiger charge is 2.30. The minimum Gasteiger partial charge on any atom is -0.496 e. The first-order chi connectivity index (χ1) is 9.62. The third-order valence-electron chi connectivity index (χ3n) is 3.14. The van der Waals surface area contributed by atoms with Gasteiger partial charge in [0.15, 0.2) is 6.10 Å². The molecule has 0 amide bonds. The van der Waals surface area contributed by atoms with Crippen molar-refractivity contribution < 1.29 is 28.8 Å². The number of ether oxygens (including phenoxy) is 4. The minimum atomic E-state index is -0.921. The summed E-state index contributed by atoms with van der Waals surface area (Å²) in [5.74, 6) is 0.948. The number of benzene rings is 1. The molecule has 20 heavy (non-hydrogen) atoms. The van der Waals surface area contributed by atoms with Gasteiger partial charge in [0.25, 0.3) is 0 Å². The molecule has 0 bridgehead atoms. The first kappa shape index (κ1) is 14.5. The first-order valence-electron chi connectivity index (χ1n) is 6.36. The van der Waals surface area contributed by atoms with E-state index in [4.69, 9.17) is 24.1 Å². The predicted molar refractivity (Wildman–Crippen MR) is 70.6 cm³/mol. The fourth-order valence-electron chi connectivity index (χ4n) is 2.06. The van der Waals surface area contributed by atoms with Crippen LogP contribution in [0.25, 0.3) is 0 Å². The van der Waals surface area contributed by atoms with Crippen LogP contribution in [-0.2, 0) is 9.53 Å². The molecular weight excluding hydrogens is 264 g/mol. The average Bonchev–Trinajstić information content (AvgIpc) is 2.93. The summed E-state index contributed by atoms with van der Waals surface area (Å²) >= 11 is 0. The minimum absolute atomic E-state index is 0.201. The summed E-state index contributed by atoms with van der Waals surface area (Å²) in [4.78, 5) is 10.8. The molecule has 0 aromatic heterocycles. The zero-order valence-corrected chi connectivity index (χ0v) is 11.5.